The van der Waals surface area contributed by atoms with Crippen molar-refractivity contribution in [3.8, 4) is 0 Å². The van der Waals surface area contributed by atoms with Gasteiger partial charge in [0.2, 0.25) is 0 Å². The Bertz CT molecular complexity index is 2240. The summed E-state index contributed by atoms with van der Waals surface area (Å²) < 4.78 is 0. The van der Waals surface area contributed by atoms with E-state index in [2.05, 4.69) is 188 Å². The molecule has 7 aromatic carbocycles. The topological polar surface area (TPSA) is 0 Å². The van der Waals surface area contributed by atoms with Crippen molar-refractivity contribution in [1.29, 1.82) is 0 Å². The summed E-state index contributed by atoms with van der Waals surface area (Å²) in [5.41, 5.74) is 8.74. The zero-order valence-electron chi connectivity index (χ0n) is 29.9. The third kappa shape index (κ3) is 7.15. The Kier molecular flexibility index (Phi) is 9.96. The van der Waals surface area contributed by atoms with Gasteiger partial charge in [-0.1, -0.05) is 202 Å². The van der Waals surface area contributed by atoms with Gasteiger partial charge in [0.25, 0.3) is 0 Å². The Hall–Kier alpha value is -3.71. The Balaban J connectivity index is 0.000000250. The van der Waals surface area contributed by atoms with Crippen LogP contribution in [0.15, 0.2) is 139 Å². The van der Waals surface area contributed by atoms with Gasteiger partial charge in [-0.2, -0.15) is 0 Å². The summed E-state index contributed by atoms with van der Waals surface area (Å²) in [6.07, 6.45) is 2.43. The second-order valence-electron chi connectivity index (χ2n) is 15.4. The SMILES string of the molecule is CC1=Cc2c(ccc3ccccc23)C1c1cc(C(C)(C)C)cc2c1[cH-]c1ccc(C(C)(C)C)cc12.[Zr].c1ccc([Si]c2ccccc2)cc1. The molecule has 0 N–H and O–H groups in total. The molecule has 1 atom stereocenters. The Morgan fingerprint density at radius 2 is 1.14 bits per heavy atom. The monoisotopic (exact) mass is 727 g/mol. The van der Waals surface area contributed by atoms with Crippen molar-refractivity contribution in [3.63, 3.8) is 0 Å². The number of hydrogen-bond donors (Lipinski definition) is 0. The first-order valence-corrected chi connectivity index (χ1v) is 18.2. The van der Waals surface area contributed by atoms with Crippen LogP contribution in [0.25, 0.3) is 38.4 Å². The molecule has 8 rings (SSSR count). The Labute approximate surface area is 314 Å². The van der Waals surface area contributed by atoms with Crippen LogP contribution in [0.5, 0.6) is 0 Å². The van der Waals surface area contributed by atoms with Crippen LogP contribution in [0.4, 0.5) is 0 Å². The molecule has 0 amide bonds. The fourth-order valence-corrected chi connectivity index (χ4v) is 8.22. The van der Waals surface area contributed by atoms with E-state index < -0.39 is 0 Å². The molecule has 0 aliphatic heterocycles. The number of fused-ring (bicyclic) bond motifs is 6. The molecule has 2 heteroatoms. The van der Waals surface area contributed by atoms with E-state index in [9.17, 15) is 0 Å². The van der Waals surface area contributed by atoms with E-state index in [1.807, 2.05) is 0 Å². The summed E-state index contributed by atoms with van der Waals surface area (Å²) in [6, 6.07) is 49.1. The molecule has 7 aromatic rings. The fourth-order valence-electron chi connectivity index (χ4n) is 7.17. The molecule has 0 aromatic heterocycles. The van der Waals surface area contributed by atoms with Crippen LogP contribution in [-0.2, 0) is 37.0 Å². The summed E-state index contributed by atoms with van der Waals surface area (Å²) in [5.74, 6) is 0.290. The molecule has 49 heavy (non-hydrogen) atoms. The number of hydrogen-bond acceptors (Lipinski definition) is 0. The first-order valence-electron chi connectivity index (χ1n) is 17.2. The minimum Gasteiger partial charge on any atom is -0.126 e. The van der Waals surface area contributed by atoms with E-state index in [0.29, 0.717) is 5.92 Å². The van der Waals surface area contributed by atoms with Crippen molar-refractivity contribution in [2.45, 2.75) is 65.2 Å². The molecule has 0 nitrogen and oxygen atoms in total. The van der Waals surface area contributed by atoms with Gasteiger partial charge in [0.05, 0.1) is 0 Å². The minimum atomic E-state index is 0. The zero-order chi connectivity index (χ0) is 33.6. The average Bonchev–Trinajstić information content (AvgIpc) is 3.61. The van der Waals surface area contributed by atoms with E-state index in [1.165, 1.54) is 76.1 Å². The van der Waals surface area contributed by atoms with Crippen molar-refractivity contribution >= 4 is 58.3 Å². The van der Waals surface area contributed by atoms with Gasteiger partial charge < -0.3 is 0 Å². The van der Waals surface area contributed by atoms with Crippen LogP contribution in [0, 0.1) is 0 Å². The van der Waals surface area contributed by atoms with Crippen molar-refractivity contribution in [2.75, 3.05) is 0 Å². The quantitative estimate of drug-likeness (QED) is 0.126. The predicted molar refractivity (Wildman–Crippen MR) is 212 cm³/mol. The maximum absolute atomic E-state index is 2.50. The second kappa shape index (κ2) is 13.9. The van der Waals surface area contributed by atoms with Crippen LogP contribution >= 0.6 is 0 Å². The van der Waals surface area contributed by atoms with Crippen LogP contribution < -0.4 is 10.4 Å². The molecule has 0 saturated heterocycles. The van der Waals surface area contributed by atoms with Crippen LogP contribution in [0.3, 0.4) is 0 Å². The Morgan fingerprint density at radius 1 is 0.551 bits per heavy atom. The van der Waals surface area contributed by atoms with Gasteiger partial charge in [-0.15, -0.1) is 33.7 Å². The first kappa shape index (κ1) is 35.1. The van der Waals surface area contributed by atoms with Gasteiger partial charge in [-0.25, -0.2) is 0 Å². The van der Waals surface area contributed by atoms with Gasteiger partial charge in [-0.3, -0.25) is 0 Å². The maximum atomic E-state index is 2.50. The van der Waals surface area contributed by atoms with Gasteiger partial charge in [0.15, 0.2) is 0 Å². The summed E-state index contributed by atoms with van der Waals surface area (Å²) in [4.78, 5) is 0. The molecule has 2 radical (unpaired) electrons. The maximum Gasteiger partial charge on any atom is 0.121 e. The van der Waals surface area contributed by atoms with E-state index in [0.717, 1.165) is 9.52 Å². The standard InChI is InChI=1S/C35H35.C12H10Si.Zr/c1-21-16-29-26-11-9-8-10-22(26)13-15-27(29)33(21)32-20-25(35(5,6)7)19-31-28-18-24(34(2,3)4)14-12-23(28)17-30(31)32;1-3-7-11(8-4-1)13-12-9-5-2-6-10-12;/h8-20,33H,1-7H3;1-10H;/q-1;;. The molecule has 1 aliphatic carbocycles. The molecule has 0 fully saturated rings. The summed E-state index contributed by atoms with van der Waals surface area (Å²) in [6.45, 7) is 16.2. The van der Waals surface area contributed by atoms with E-state index in [1.54, 1.807) is 0 Å². The normalized spacial score (nSPS) is 14.3. The summed E-state index contributed by atoms with van der Waals surface area (Å²) in [7, 11) is 0.777. The predicted octanol–water partition coefficient (Wildman–Crippen LogP) is 11.3. The van der Waals surface area contributed by atoms with Gasteiger partial charge in [-0.05, 0) is 39.7 Å². The molecule has 0 spiro atoms. The Morgan fingerprint density at radius 3 is 1.78 bits per heavy atom. The minimum absolute atomic E-state index is 0. The van der Waals surface area contributed by atoms with Gasteiger partial charge in [0, 0.05) is 32.1 Å². The van der Waals surface area contributed by atoms with E-state index in [4.69, 9.17) is 0 Å². The number of benzene rings is 6. The molecule has 0 saturated carbocycles. The van der Waals surface area contributed by atoms with E-state index >= 15 is 0 Å². The molecule has 1 unspecified atom stereocenters. The third-order valence-corrected chi connectivity index (χ3v) is 11.1. The van der Waals surface area contributed by atoms with Gasteiger partial charge in [0.1, 0.15) is 9.52 Å². The molecule has 1 aliphatic rings. The molecular formula is C47H45SiZr-. The average molecular weight is 729 g/mol. The van der Waals surface area contributed by atoms with Crippen molar-refractivity contribution in [1.82, 2.24) is 0 Å². The molecule has 0 bridgehead atoms. The van der Waals surface area contributed by atoms with Gasteiger partial charge >= 0.3 is 0 Å². The summed E-state index contributed by atoms with van der Waals surface area (Å²) in [5, 5.41) is 11.0. The van der Waals surface area contributed by atoms with Crippen LogP contribution in [0.1, 0.15) is 82.2 Å². The number of rotatable bonds is 3. The first-order chi connectivity index (χ1) is 23.0. The summed E-state index contributed by atoms with van der Waals surface area (Å²) >= 11 is 0. The third-order valence-electron chi connectivity index (χ3n) is 9.88. The van der Waals surface area contributed by atoms with Crippen molar-refractivity contribution < 1.29 is 26.2 Å². The van der Waals surface area contributed by atoms with Crippen molar-refractivity contribution in [3.05, 3.63) is 167 Å². The zero-order valence-corrected chi connectivity index (χ0v) is 33.3. The smallest absolute Gasteiger partial charge is 0.121 e. The van der Waals surface area contributed by atoms with Crippen molar-refractivity contribution in [2.24, 2.45) is 0 Å². The number of allylic oxidation sites excluding steroid dienone is 1. The van der Waals surface area contributed by atoms with Crippen LogP contribution in [-0.4, -0.2) is 9.52 Å². The fraction of sp³-hybridized carbons (Fsp3) is 0.213. The molecule has 0 heterocycles. The van der Waals surface area contributed by atoms with Crippen LogP contribution in [0.2, 0.25) is 0 Å². The largest absolute Gasteiger partial charge is 0.126 e. The molecular weight excluding hydrogens is 684 g/mol. The molecule has 242 valence electrons. The van der Waals surface area contributed by atoms with E-state index in [-0.39, 0.29) is 37.0 Å². The second-order valence-corrected chi connectivity index (χ2v) is 16.8.